The predicted molar refractivity (Wildman–Crippen MR) is 89.7 cm³/mol. The number of urea groups is 1. The second-order valence-electron chi connectivity index (χ2n) is 6.11. The minimum absolute atomic E-state index is 0.0351. The van der Waals surface area contributed by atoms with Gasteiger partial charge in [0.25, 0.3) is 0 Å². The Morgan fingerprint density at radius 1 is 1.21 bits per heavy atom. The Hall–Kier alpha value is -1.73. The van der Waals surface area contributed by atoms with Gasteiger partial charge in [-0.3, -0.25) is 0 Å². The summed E-state index contributed by atoms with van der Waals surface area (Å²) in [6.45, 7) is 3.83. The van der Waals surface area contributed by atoms with Crippen LogP contribution in [0.15, 0.2) is 18.2 Å². The molecular formula is C17H27F2N3O2. The van der Waals surface area contributed by atoms with Gasteiger partial charge in [-0.1, -0.05) is 19.9 Å². The van der Waals surface area contributed by atoms with Crippen LogP contribution in [0.4, 0.5) is 13.6 Å². The fourth-order valence-electron chi connectivity index (χ4n) is 2.37. The zero-order chi connectivity index (χ0) is 18.3. The number of hydrogen-bond donors (Lipinski definition) is 3. The lowest BCUT2D eigenvalue weighted by Gasteiger charge is -2.27. The molecule has 0 radical (unpaired) electrons. The molecule has 0 aliphatic carbocycles. The van der Waals surface area contributed by atoms with Gasteiger partial charge in [0.1, 0.15) is 11.6 Å². The number of likely N-dealkylation sites (N-methyl/N-ethyl adjacent to an activating group) is 1. The molecule has 136 valence electrons. The molecule has 1 atom stereocenters. The van der Waals surface area contributed by atoms with E-state index in [0.717, 1.165) is 0 Å². The first kappa shape index (κ1) is 20.3. The number of nitrogens with one attached hydrogen (secondary N) is 2. The van der Waals surface area contributed by atoms with E-state index in [1.807, 2.05) is 13.8 Å². The van der Waals surface area contributed by atoms with E-state index < -0.39 is 29.3 Å². The van der Waals surface area contributed by atoms with Gasteiger partial charge in [-0.15, -0.1) is 0 Å². The van der Waals surface area contributed by atoms with E-state index in [9.17, 15) is 18.7 Å². The largest absolute Gasteiger partial charge is 0.388 e. The van der Waals surface area contributed by atoms with Crippen LogP contribution in [0.1, 0.15) is 38.3 Å². The third kappa shape index (κ3) is 5.42. The van der Waals surface area contributed by atoms with Crippen LogP contribution in [0.3, 0.4) is 0 Å². The quantitative estimate of drug-likeness (QED) is 0.679. The third-order valence-electron chi connectivity index (χ3n) is 4.31. The minimum atomic E-state index is -0.948. The summed E-state index contributed by atoms with van der Waals surface area (Å²) in [5, 5.41) is 15.3. The molecule has 1 aromatic rings. The number of nitrogens with zero attached hydrogens (tertiary/aromatic N) is 1. The summed E-state index contributed by atoms with van der Waals surface area (Å²) in [6.07, 6.45) is 1.04. The fourth-order valence-corrected chi connectivity index (χ4v) is 2.37. The molecule has 0 heterocycles. The predicted octanol–water partition coefficient (Wildman–Crippen LogP) is 2.42. The molecule has 0 aromatic heterocycles. The number of benzene rings is 1. The van der Waals surface area contributed by atoms with Crippen molar-refractivity contribution in [3.05, 3.63) is 35.4 Å². The fraction of sp³-hybridized carbons (Fsp3) is 0.588. The van der Waals surface area contributed by atoms with Crippen LogP contribution in [-0.4, -0.2) is 48.8 Å². The van der Waals surface area contributed by atoms with Gasteiger partial charge in [0, 0.05) is 18.7 Å². The van der Waals surface area contributed by atoms with Gasteiger partial charge >= 0.3 is 6.03 Å². The lowest BCUT2D eigenvalue weighted by molar-refractivity contribution is 0.0349. The van der Waals surface area contributed by atoms with Gasteiger partial charge in [0.2, 0.25) is 0 Å². The summed E-state index contributed by atoms with van der Waals surface area (Å²) in [6, 6.07) is 2.55. The topological polar surface area (TPSA) is 64.6 Å². The van der Waals surface area contributed by atoms with E-state index in [1.54, 1.807) is 19.0 Å². The van der Waals surface area contributed by atoms with Crippen molar-refractivity contribution in [1.82, 2.24) is 15.5 Å². The van der Waals surface area contributed by atoms with E-state index in [0.29, 0.717) is 12.8 Å². The molecule has 24 heavy (non-hydrogen) atoms. The molecule has 7 heteroatoms. The minimum Gasteiger partial charge on any atom is -0.388 e. The van der Waals surface area contributed by atoms with Crippen LogP contribution in [0.25, 0.3) is 0 Å². The Kier molecular flexibility index (Phi) is 7.57. The maximum atomic E-state index is 14.0. The highest BCUT2D eigenvalue weighted by Crippen LogP contribution is 2.23. The molecule has 0 aliphatic heterocycles. The molecule has 1 rings (SSSR count). The monoisotopic (exact) mass is 343 g/mol. The average Bonchev–Trinajstić information content (AvgIpc) is 2.54. The highest BCUT2D eigenvalue weighted by Gasteiger charge is 2.25. The Balaban J connectivity index is 2.70. The molecule has 1 aromatic carbocycles. The summed E-state index contributed by atoms with van der Waals surface area (Å²) < 4.78 is 27.9. The molecule has 0 bridgehead atoms. The van der Waals surface area contributed by atoms with Crippen LogP contribution >= 0.6 is 0 Å². The van der Waals surface area contributed by atoms with Crippen molar-refractivity contribution in [2.45, 2.75) is 38.3 Å². The van der Waals surface area contributed by atoms with Crippen molar-refractivity contribution in [1.29, 1.82) is 0 Å². The molecule has 3 N–H and O–H groups in total. The highest BCUT2D eigenvalue weighted by atomic mass is 19.1. The van der Waals surface area contributed by atoms with Crippen LogP contribution in [-0.2, 0) is 0 Å². The second-order valence-corrected chi connectivity index (χ2v) is 6.11. The Labute approximate surface area is 142 Å². The molecule has 1 unspecified atom stereocenters. The van der Waals surface area contributed by atoms with Crippen LogP contribution in [0.2, 0.25) is 0 Å². The van der Waals surface area contributed by atoms with Crippen molar-refractivity contribution >= 4 is 6.03 Å². The number of rotatable bonds is 8. The van der Waals surface area contributed by atoms with Gasteiger partial charge in [-0.05, 0) is 39.1 Å². The number of carbonyl (C=O) groups excluding carboxylic acids is 1. The smallest absolute Gasteiger partial charge is 0.314 e. The van der Waals surface area contributed by atoms with E-state index in [2.05, 4.69) is 10.6 Å². The summed E-state index contributed by atoms with van der Waals surface area (Å²) in [7, 11) is 3.37. The SMILES string of the molecule is CCC(O)(CC)CNC(=O)NCC(c1c(F)cccc1F)N(C)C. The summed E-state index contributed by atoms with van der Waals surface area (Å²) in [4.78, 5) is 13.5. The van der Waals surface area contributed by atoms with Gasteiger partial charge in [-0.2, -0.15) is 0 Å². The second kappa shape index (κ2) is 8.94. The van der Waals surface area contributed by atoms with Crippen molar-refractivity contribution < 1.29 is 18.7 Å². The first-order valence-corrected chi connectivity index (χ1v) is 8.08. The third-order valence-corrected chi connectivity index (χ3v) is 4.31. The maximum absolute atomic E-state index is 14.0. The van der Waals surface area contributed by atoms with E-state index in [-0.39, 0.29) is 18.7 Å². The average molecular weight is 343 g/mol. The molecule has 5 nitrogen and oxygen atoms in total. The van der Waals surface area contributed by atoms with Gasteiger partial charge in [0.05, 0.1) is 11.6 Å². The Bertz CT molecular complexity index is 528. The van der Waals surface area contributed by atoms with E-state index in [1.165, 1.54) is 18.2 Å². The lowest BCUT2D eigenvalue weighted by Crippen LogP contribution is -2.47. The zero-order valence-electron chi connectivity index (χ0n) is 14.7. The first-order valence-electron chi connectivity index (χ1n) is 8.08. The van der Waals surface area contributed by atoms with Gasteiger partial charge in [0.15, 0.2) is 0 Å². The van der Waals surface area contributed by atoms with E-state index in [4.69, 9.17) is 0 Å². The number of carbonyl (C=O) groups is 1. The number of halogens is 2. The van der Waals surface area contributed by atoms with Crippen LogP contribution in [0.5, 0.6) is 0 Å². The van der Waals surface area contributed by atoms with E-state index >= 15 is 0 Å². The van der Waals surface area contributed by atoms with Crippen molar-refractivity contribution in [2.75, 3.05) is 27.2 Å². The van der Waals surface area contributed by atoms with Crippen LogP contribution in [0, 0.1) is 11.6 Å². The normalized spacial score (nSPS) is 13.0. The standard InChI is InChI=1S/C17H27F2N3O2/c1-5-17(24,6-2)11-21-16(23)20-10-14(22(3)4)15-12(18)8-7-9-13(15)19/h7-9,14,24H,5-6,10-11H2,1-4H3,(H2,20,21,23). The van der Waals surface area contributed by atoms with Crippen molar-refractivity contribution in [3.63, 3.8) is 0 Å². The lowest BCUT2D eigenvalue weighted by atomic mass is 9.98. The highest BCUT2D eigenvalue weighted by molar-refractivity contribution is 5.74. The summed E-state index contributed by atoms with van der Waals surface area (Å²) >= 11 is 0. The Morgan fingerprint density at radius 3 is 2.21 bits per heavy atom. The molecule has 0 fully saturated rings. The summed E-state index contributed by atoms with van der Waals surface area (Å²) in [5.74, 6) is -1.30. The number of amides is 2. The molecular weight excluding hydrogens is 316 g/mol. The molecule has 0 aliphatic rings. The zero-order valence-corrected chi connectivity index (χ0v) is 14.7. The number of aliphatic hydroxyl groups is 1. The van der Waals surface area contributed by atoms with Gasteiger partial charge in [-0.25, -0.2) is 13.6 Å². The van der Waals surface area contributed by atoms with Crippen LogP contribution < -0.4 is 10.6 Å². The molecule has 0 saturated carbocycles. The molecule has 2 amide bonds. The van der Waals surface area contributed by atoms with Crippen molar-refractivity contribution in [3.8, 4) is 0 Å². The first-order chi connectivity index (χ1) is 11.2. The number of hydrogen-bond acceptors (Lipinski definition) is 3. The molecule has 0 saturated heterocycles. The Morgan fingerprint density at radius 2 is 1.75 bits per heavy atom. The molecule has 0 spiro atoms. The van der Waals surface area contributed by atoms with Crippen molar-refractivity contribution in [2.24, 2.45) is 0 Å². The maximum Gasteiger partial charge on any atom is 0.314 e. The van der Waals surface area contributed by atoms with Gasteiger partial charge < -0.3 is 20.6 Å². The summed E-state index contributed by atoms with van der Waals surface area (Å²) in [5.41, 5.74) is -1.03.